The molecule has 2 rings (SSSR count). The Morgan fingerprint density at radius 2 is 2.00 bits per heavy atom. The highest BCUT2D eigenvalue weighted by atomic mass is 32.2. The summed E-state index contributed by atoms with van der Waals surface area (Å²) in [4.78, 5) is 11.7. The fourth-order valence-electron chi connectivity index (χ4n) is 2.09. The molecule has 0 aromatic rings. The quantitative estimate of drug-likeness (QED) is 0.633. The summed E-state index contributed by atoms with van der Waals surface area (Å²) in [5.74, 6) is -0.414. The Labute approximate surface area is 112 Å². The number of sulfone groups is 1. The largest absolute Gasteiger partial charge is 0.465 e. The minimum atomic E-state index is -3.47. The van der Waals surface area contributed by atoms with Crippen LogP contribution in [0.3, 0.4) is 0 Å². The van der Waals surface area contributed by atoms with Crippen molar-refractivity contribution in [1.29, 1.82) is 0 Å². The first-order valence-electron chi connectivity index (χ1n) is 5.65. The Balaban J connectivity index is 1.93. The third kappa shape index (κ3) is 2.76. The Morgan fingerprint density at radius 1 is 1.42 bits per heavy atom. The van der Waals surface area contributed by atoms with Crippen molar-refractivity contribution < 1.29 is 31.8 Å². The number of rotatable bonds is 6. The predicted octanol–water partition coefficient (Wildman–Crippen LogP) is -0.508. The lowest BCUT2D eigenvalue weighted by molar-refractivity contribution is 0.118. The first-order valence-corrected chi connectivity index (χ1v) is 8.47. The van der Waals surface area contributed by atoms with Crippen molar-refractivity contribution in [3.63, 3.8) is 0 Å². The van der Waals surface area contributed by atoms with Crippen molar-refractivity contribution in [1.82, 2.24) is 4.90 Å². The maximum absolute atomic E-state index is 12.3. The summed E-state index contributed by atoms with van der Waals surface area (Å²) in [7, 11) is -3.47. The zero-order valence-electron chi connectivity index (χ0n) is 10.0. The van der Waals surface area contributed by atoms with Gasteiger partial charge in [0.15, 0.2) is 20.9 Å². The van der Waals surface area contributed by atoms with E-state index in [-0.39, 0.29) is 19.7 Å². The van der Waals surface area contributed by atoms with Gasteiger partial charge in [-0.25, -0.2) is 17.4 Å². The summed E-state index contributed by atoms with van der Waals surface area (Å²) < 4.78 is 47.6. The highest BCUT2D eigenvalue weighted by Crippen LogP contribution is 2.47. The van der Waals surface area contributed by atoms with Gasteiger partial charge in [0.1, 0.15) is 5.94 Å². The molecule has 1 aliphatic carbocycles. The van der Waals surface area contributed by atoms with Crippen molar-refractivity contribution >= 4 is 27.0 Å². The molecule has 1 heterocycles. The van der Waals surface area contributed by atoms with Gasteiger partial charge < -0.3 is 19.3 Å². The molecule has 0 aromatic carbocycles. The Morgan fingerprint density at radius 3 is 2.42 bits per heavy atom. The van der Waals surface area contributed by atoms with E-state index in [2.05, 4.69) is 0 Å². The second-order valence-electron chi connectivity index (χ2n) is 4.83. The number of likely N-dealkylation sites (tertiary alicyclic amines) is 1. The van der Waals surface area contributed by atoms with Gasteiger partial charge in [-0.15, -0.1) is 0 Å². The average molecular weight is 313 g/mol. The summed E-state index contributed by atoms with van der Waals surface area (Å²) in [5, 5.41) is 8.00. The molecule has 0 spiro atoms. The standard InChI is InChI=1S/C9H15NO7S2/c11-8(12)10-3-7(4-10)19(15,16)9(1-2-9)5-17-6-18(13)14/h7H,1-6H2,(H,11,12)(H,13,14). The highest BCUT2D eigenvalue weighted by Gasteiger charge is 2.59. The Kier molecular flexibility index (Phi) is 3.87. The van der Waals surface area contributed by atoms with Crippen LogP contribution in [0.5, 0.6) is 0 Å². The van der Waals surface area contributed by atoms with Crippen molar-refractivity contribution in [2.75, 3.05) is 25.6 Å². The van der Waals surface area contributed by atoms with Gasteiger partial charge in [-0.1, -0.05) is 0 Å². The molecule has 0 bridgehead atoms. The van der Waals surface area contributed by atoms with E-state index in [1.165, 1.54) is 0 Å². The van der Waals surface area contributed by atoms with Gasteiger partial charge in [-0.2, -0.15) is 0 Å². The molecule has 2 aliphatic rings. The molecule has 0 radical (unpaired) electrons. The zero-order chi connectivity index (χ0) is 14.3. The van der Waals surface area contributed by atoms with Crippen LogP contribution in [0, 0.1) is 0 Å². The lowest BCUT2D eigenvalue weighted by atomic mass is 10.2. The first-order chi connectivity index (χ1) is 8.78. The lowest BCUT2D eigenvalue weighted by Gasteiger charge is -2.38. The summed E-state index contributed by atoms with van der Waals surface area (Å²) in [6.07, 6.45) is -0.211. The van der Waals surface area contributed by atoms with E-state index in [9.17, 15) is 17.4 Å². The number of carbonyl (C=O) groups is 1. The molecule has 19 heavy (non-hydrogen) atoms. The van der Waals surface area contributed by atoms with Gasteiger partial charge in [-0.05, 0) is 12.8 Å². The highest BCUT2D eigenvalue weighted by molar-refractivity contribution is 7.93. The van der Waals surface area contributed by atoms with Crippen molar-refractivity contribution in [2.45, 2.75) is 22.8 Å². The molecule has 1 unspecified atom stereocenters. The van der Waals surface area contributed by atoms with E-state index >= 15 is 0 Å². The van der Waals surface area contributed by atoms with Crippen LogP contribution in [0.1, 0.15) is 12.8 Å². The van der Waals surface area contributed by atoms with E-state index in [0.717, 1.165) is 4.90 Å². The molecule has 110 valence electrons. The lowest BCUT2D eigenvalue weighted by Crippen LogP contribution is -2.59. The molecule has 2 fully saturated rings. The normalized spacial score (nSPS) is 23.7. The number of ether oxygens (including phenoxy) is 1. The minimum absolute atomic E-state index is 0.00858. The maximum atomic E-state index is 12.3. The molecule has 1 amide bonds. The van der Waals surface area contributed by atoms with E-state index in [4.69, 9.17) is 14.4 Å². The second kappa shape index (κ2) is 5.00. The number of nitrogens with zero attached hydrogens (tertiary/aromatic N) is 1. The van der Waals surface area contributed by atoms with Gasteiger partial charge in [0, 0.05) is 13.1 Å². The van der Waals surface area contributed by atoms with Gasteiger partial charge in [0.2, 0.25) is 0 Å². The number of amides is 1. The summed E-state index contributed by atoms with van der Waals surface area (Å²) in [6, 6.07) is 0. The SMILES string of the molecule is O=C(O)N1CC(S(=O)(=O)C2(COCS(=O)O)CC2)C1. The van der Waals surface area contributed by atoms with Crippen LogP contribution in [-0.4, -0.2) is 68.9 Å². The molecular formula is C9H15NO7S2. The van der Waals surface area contributed by atoms with Crippen LogP contribution in [0.4, 0.5) is 4.79 Å². The van der Waals surface area contributed by atoms with Crippen LogP contribution in [0.25, 0.3) is 0 Å². The molecule has 1 saturated carbocycles. The van der Waals surface area contributed by atoms with Crippen LogP contribution < -0.4 is 0 Å². The van der Waals surface area contributed by atoms with Crippen LogP contribution in [0.2, 0.25) is 0 Å². The van der Waals surface area contributed by atoms with E-state index in [0.29, 0.717) is 12.8 Å². The van der Waals surface area contributed by atoms with Crippen LogP contribution in [0.15, 0.2) is 0 Å². The first kappa shape index (κ1) is 14.7. The molecule has 2 N–H and O–H groups in total. The zero-order valence-corrected chi connectivity index (χ0v) is 11.7. The van der Waals surface area contributed by atoms with Crippen LogP contribution in [-0.2, 0) is 25.7 Å². The molecular weight excluding hydrogens is 298 g/mol. The fraction of sp³-hybridized carbons (Fsp3) is 0.889. The van der Waals surface area contributed by atoms with E-state index in [1.54, 1.807) is 0 Å². The maximum Gasteiger partial charge on any atom is 0.407 e. The average Bonchev–Trinajstić information content (AvgIpc) is 2.94. The van der Waals surface area contributed by atoms with Crippen molar-refractivity contribution in [3.05, 3.63) is 0 Å². The predicted molar refractivity (Wildman–Crippen MR) is 65.9 cm³/mol. The summed E-state index contributed by atoms with van der Waals surface area (Å²) in [5.41, 5.74) is 0. The Hall–Kier alpha value is -0.710. The Bertz CT molecular complexity index is 493. The van der Waals surface area contributed by atoms with Crippen LogP contribution >= 0.6 is 0 Å². The van der Waals surface area contributed by atoms with E-state index < -0.39 is 42.9 Å². The second-order valence-corrected chi connectivity index (χ2v) is 8.33. The van der Waals surface area contributed by atoms with Gasteiger partial charge in [-0.3, -0.25) is 0 Å². The summed E-state index contributed by atoms with van der Waals surface area (Å²) >= 11 is -2.11. The molecule has 10 heteroatoms. The number of hydrogen-bond donors (Lipinski definition) is 2. The molecule has 8 nitrogen and oxygen atoms in total. The molecule has 1 atom stereocenters. The summed E-state index contributed by atoms with van der Waals surface area (Å²) in [6.45, 7) is -0.123. The third-order valence-electron chi connectivity index (χ3n) is 3.52. The fourth-order valence-corrected chi connectivity index (χ4v) is 4.70. The van der Waals surface area contributed by atoms with E-state index in [1.807, 2.05) is 0 Å². The molecule has 1 saturated heterocycles. The monoisotopic (exact) mass is 313 g/mol. The molecule has 0 aromatic heterocycles. The number of carboxylic acid groups (broad SMARTS) is 1. The van der Waals surface area contributed by atoms with Gasteiger partial charge in [0.25, 0.3) is 0 Å². The van der Waals surface area contributed by atoms with Crippen molar-refractivity contribution in [2.24, 2.45) is 0 Å². The third-order valence-corrected chi connectivity index (χ3v) is 6.80. The topological polar surface area (TPSA) is 121 Å². The minimum Gasteiger partial charge on any atom is -0.465 e. The number of hydrogen-bond acceptors (Lipinski definition) is 5. The van der Waals surface area contributed by atoms with Gasteiger partial charge in [0.05, 0.1) is 16.6 Å². The molecule has 1 aliphatic heterocycles. The smallest absolute Gasteiger partial charge is 0.407 e. The van der Waals surface area contributed by atoms with Gasteiger partial charge >= 0.3 is 6.09 Å². The van der Waals surface area contributed by atoms with Crippen molar-refractivity contribution in [3.8, 4) is 0 Å².